The van der Waals surface area contributed by atoms with Crippen LogP contribution in [0, 0.1) is 5.92 Å². The average Bonchev–Trinajstić information content (AvgIpc) is 2.07. The van der Waals surface area contributed by atoms with E-state index in [0.29, 0.717) is 0 Å². The summed E-state index contributed by atoms with van der Waals surface area (Å²) in [5.41, 5.74) is -0.321. The van der Waals surface area contributed by atoms with Gasteiger partial charge in [-0.3, -0.25) is 9.59 Å². The molecule has 1 saturated heterocycles. The summed E-state index contributed by atoms with van der Waals surface area (Å²) in [6, 6.07) is -0.773. The zero-order chi connectivity index (χ0) is 12.7. The van der Waals surface area contributed by atoms with Gasteiger partial charge < -0.3 is 10.2 Å². The van der Waals surface area contributed by atoms with Crippen LogP contribution in [0.2, 0.25) is 0 Å². The summed E-state index contributed by atoms with van der Waals surface area (Å²) in [5.74, 6) is 0.0819. The summed E-state index contributed by atoms with van der Waals surface area (Å²) in [6.07, 6.45) is 0. The first-order valence-corrected chi connectivity index (χ1v) is 5.80. The third kappa shape index (κ3) is 2.20. The van der Waals surface area contributed by atoms with Gasteiger partial charge >= 0.3 is 0 Å². The second kappa shape index (κ2) is 4.07. The molecule has 4 nitrogen and oxygen atoms in total. The molecule has 1 aliphatic rings. The molecule has 0 bridgehead atoms. The van der Waals surface area contributed by atoms with E-state index in [1.807, 2.05) is 34.6 Å². The standard InChI is InChI=1S/C12H22N2O2/c1-7(2)9-10(15)13-8(3)11(16)14(9)12(4,5)6/h7-9H,1-6H3,(H,13,15). The van der Waals surface area contributed by atoms with E-state index in [9.17, 15) is 9.59 Å². The number of piperazine rings is 1. The Morgan fingerprint density at radius 2 is 1.75 bits per heavy atom. The summed E-state index contributed by atoms with van der Waals surface area (Å²) in [5, 5.41) is 2.73. The van der Waals surface area contributed by atoms with Gasteiger partial charge in [-0.25, -0.2) is 0 Å². The van der Waals surface area contributed by atoms with Gasteiger partial charge in [-0.15, -0.1) is 0 Å². The van der Waals surface area contributed by atoms with Crippen molar-refractivity contribution in [2.24, 2.45) is 5.92 Å². The molecule has 16 heavy (non-hydrogen) atoms. The van der Waals surface area contributed by atoms with E-state index < -0.39 is 6.04 Å². The van der Waals surface area contributed by atoms with Gasteiger partial charge in [-0.2, -0.15) is 0 Å². The predicted octanol–water partition coefficient (Wildman–Crippen LogP) is 1.16. The minimum Gasteiger partial charge on any atom is -0.343 e. The van der Waals surface area contributed by atoms with Gasteiger partial charge in [0.05, 0.1) is 0 Å². The van der Waals surface area contributed by atoms with Crippen molar-refractivity contribution in [1.29, 1.82) is 0 Å². The van der Waals surface area contributed by atoms with Crippen LogP contribution in [0.15, 0.2) is 0 Å². The van der Waals surface area contributed by atoms with Gasteiger partial charge in [0.15, 0.2) is 0 Å². The Morgan fingerprint density at radius 3 is 2.12 bits per heavy atom. The number of rotatable bonds is 1. The van der Waals surface area contributed by atoms with Crippen LogP contribution in [0.1, 0.15) is 41.5 Å². The molecule has 2 amide bonds. The predicted molar refractivity (Wildman–Crippen MR) is 62.8 cm³/mol. The second-order valence-electron chi connectivity index (χ2n) is 5.80. The van der Waals surface area contributed by atoms with Crippen molar-refractivity contribution in [2.75, 3.05) is 0 Å². The Hall–Kier alpha value is -1.06. The highest BCUT2D eigenvalue weighted by atomic mass is 16.2. The van der Waals surface area contributed by atoms with E-state index in [1.165, 1.54) is 0 Å². The Morgan fingerprint density at radius 1 is 1.25 bits per heavy atom. The van der Waals surface area contributed by atoms with E-state index in [4.69, 9.17) is 0 Å². The molecule has 92 valence electrons. The number of nitrogens with one attached hydrogen (secondary N) is 1. The first kappa shape index (κ1) is 13.0. The highest BCUT2D eigenvalue weighted by Crippen LogP contribution is 2.25. The first-order chi connectivity index (χ1) is 7.16. The quantitative estimate of drug-likeness (QED) is 0.729. The molecule has 0 aliphatic carbocycles. The maximum Gasteiger partial charge on any atom is 0.245 e. The minimum absolute atomic E-state index is 0.00537. The normalized spacial score (nSPS) is 27.3. The highest BCUT2D eigenvalue weighted by molar-refractivity contribution is 5.97. The molecule has 1 rings (SSSR count). The number of carbonyl (C=O) groups is 2. The maximum atomic E-state index is 12.1. The molecule has 2 unspecified atom stereocenters. The molecule has 1 aliphatic heterocycles. The van der Waals surface area contributed by atoms with E-state index in [2.05, 4.69) is 5.32 Å². The largest absolute Gasteiger partial charge is 0.343 e. The Labute approximate surface area is 97.4 Å². The van der Waals surface area contributed by atoms with Crippen LogP contribution in [0.3, 0.4) is 0 Å². The summed E-state index contributed by atoms with van der Waals surface area (Å²) in [7, 11) is 0. The lowest BCUT2D eigenvalue weighted by Gasteiger charge is -2.47. The van der Waals surface area contributed by atoms with Crippen LogP contribution in [0.4, 0.5) is 0 Å². The van der Waals surface area contributed by atoms with Crippen molar-refractivity contribution in [3.8, 4) is 0 Å². The number of nitrogens with zero attached hydrogens (tertiary/aromatic N) is 1. The fourth-order valence-electron chi connectivity index (χ4n) is 2.17. The van der Waals surface area contributed by atoms with Crippen molar-refractivity contribution in [3.05, 3.63) is 0 Å². The number of hydrogen-bond donors (Lipinski definition) is 1. The van der Waals surface area contributed by atoms with Gasteiger partial charge in [0.25, 0.3) is 0 Å². The summed E-state index contributed by atoms with van der Waals surface area (Å²) in [6.45, 7) is 11.6. The molecule has 0 radical (unpaired) electrons. The lowest BCUT2D eigenvalue weighted by molar-refractivity contribution is -0.156. The van der Waals surface area contributed by atoms with Gasteiger partial charge in [-0.1, -0.05) is 13.8 Å². The monoisotopic (exact) mass is 226 g/mol. The van der Waals surface area contributed by atoms with E-state index >= 15 is 0 Å². The van der Waals surface area contributed by atoms with Gasteiger partial charge in [0.2, 0.25) is 11.8 Å². The SMILES string of the molecule is CC1NC(=O)C(C(C)C)N(C(C)(C)C)C1=O. The molecule has 0 aromatic rings. The zero-order valence-corrected chi connectivity index (χ0v) is 11.0. The first-order valence-electron chi connectivity index (χ1n) is 5.80. The highest BCUT2D eigenvalue weighted by Gasteiger charge is 2.44. The summed E-state index contributed by atoms with van der Waals surface area (Å²) in [4.78, 5) is 25.8. The average molecular weight is 226 g/mol. The van der Waals surface area contributed by atoms with Crippen molar-refractivity contribution in [3.63, 3.8) is 0 Å². The van der Waals surface area contributed by atoms with Gasteiger partial charge in [-0.05, 0) is 33.6 Å². The molecule has 4 heteroatoms. The van der Waals surface area contributed by atoms with Crippen LogP contribution in [0.5, 0.6) is 0 Å². The Bertz CT molecular complexity index is 305. The Balaban J connectivity index is 3.12. The van der Waals surface area contributed by atoms with Crippen LogP contribution in [-0.2, 0) is 9.59 Å². The molecule has 0 aromatic carbocycles. The third-order valence-electron chi connectivity index (χ3n) is 2.87. The van der Waals surface area contributed by atoms with Crippen LogP contribution >= 0.6 is 0 Å². The minimum atomic E-state index is -0.415. The van der Waals surface area contributed by atoms with E-state index in [1.54, 1.807) is 11.8 Å². The maximum absolute atomic E-state index is 12.1. The van der Waals surface area contributed by atoms with Crippen molar-refractivity contribution < 1.29 is 9.59 Å². The van der Waals surface area contributed by atoms with Crippen LogP contribution < -0.4 is 5.32 Å². The molecule has 1 N–H and O–H groups in total. The van der Waals surface area contributed by atoms with Crippen molar-refractivity contribution in [2.45, 2.75) is 59.2 Å². The summed E-state index contributed by atoms with van der Waals surface area (Å²) < 4.78 is 0. The van der Waals surface area contributed by atoms with Crippen LogP contribution in [-0.4, -0.2) is 34.3 Å². The molecule has 1 fully saturated rings. The molecular formula is C12H22N2O2. The third-order valence-corrected chi connectivity index (χ3v) is 2.87. The Kier molecular flexibility index (Phi) is 3.31. The van der Waals surface area contributed by atoms with Crippen LogP contribution in [0.25, 0.3) is 0 Å². The van der Waals surface area contributed by atoms with Gasteiger partial charge in [0, 0.05) is 5.54 Å². The lowest BCUT2D eigenvalue weighted by Crippen LogP contribution is -2.68. The summed E-state index contributed by atoms with van der Waals surface area (Å²) >= 11 is 0. The number of amides is 2. The van der Waals surface area contributed by atoms with Crippen molar-refractivity contribution >= 4 is 11.8 Å². The smallest absolute Gasteiger partial charge is 0.245 e. The molecule has 2 atom stereocenters. The molecule has 1 heterocycles. The molecular weight excluding hydrogens is 204 g/mol. The van der Waals surface area contributed by atoms with E-state index in [-0.39, 0.29) is 29.3 Å². The fraction of sp³-hybridized carbons (Fsp3) is 0.833. The van der Waals surface area contributed by atoms with E-state index in [0.717, 1.165) is 0 Å². The lowest BCUT2D eigenvalue weighted by atomic mass is 9.91. The topological polar surface area (TPSA) is 49.4 Å². The molecule has 0 spiro atoms. The number of hydrogen-bond acceptors (Lipinski definition) is 2. The van der Waals surface area contributed by atoms with Crippen molar-refractivity contribution in [1.82, 2.24) is 10.2 Å². The second-order valence-corrected chi connectivity index (χ2v) is 5.80. The van der Waals surface area contributed by atoms with Gasteiger partial charge in [0.1, 0.15) is 12.1 Å². The molecule has 0 saturated carbocycles. The fourth-order valence-corrected chi connectivity index (χ4v) is 2.17. The molecule has 0 aromatic heterocycles. The zero-order valence-electron chi connectivity index (χ0n) is 11.0. The number of carbonyl (C=O) groups excluding carboxylic acids is 2.